The molecule has 2 rings (SSSR count). The van der Waals surface area contributed by atoms with Gasteiger partial charge in [-0.15, -0.1) is 0 Å². The molecule has 0 aromatic heterocycles. The number of fused-ring (bicyclic) bond motifs is 1. The van der Waals surface area contributed by atoms with E-state index in [0.717, 1.165) is 11.6 Å². The van der Waals surface area contributed by atoms with Crippen molar-refractivity contribution in [1.29, 1.82) is 0 Å². The molecule has 0 amide bonds. The van der Waals surface area contributed by atoms with Crippen LogP contribution in [0.25, 0.3) is 0 Å². The summed E-state index contributed by atoms with van der Waals surface area (Å²) in [6.07, 6.45) is 5.98. The molecule has 0 radical (unpaired) electrons. The number of aliphatic imine (C=N–C) groups is 1. The summed E-state index contributed by atoms with van der Waals surface area (Å²) in [4.78, 5) is 4.45. The van der Waals surface area contributed by atoms with Gasteiger partial charge in [0.25, 0.3) is 0 Å². The van der Waals surface area contributed by atoms with Crippen molar-refractivity contribution in [2.24, 2.45) is 16.6 Å². The minimum atomic E-state index is 0.380. The summed E-state index contributed by atoms with van der Waals surface area (Å²) in [6.45, 7) is 0. The Morgan fingerprint density at radius 3 is 2.73 bits per heavy atom. The van der Waals surface area contributed by atoms with E-state index in [9.17, 15) is 0 Å². The molecule has 3 nitrogen and oxygen atoms in total. The van der Waals surface area contributed by atoms with E-state index >= 15 is 0 Å². The summed E-state index contributed by atoms with van der Waals surface area (Å²) in [5.41, 5.74) is 6.61. The van der Waals surface area contributed by atoms with Gasteiger partial charge < -0.3 is 11.1 Å². The van der Waals surface area contributed by atoms with Gasteiger partial charge in [0.2, 0.25) is 0 Å². The lowest BCUT2D eigenvalue weighted by Crippen LogP contribution is -2.09. The van der Waals surface area contributed by atoms with Crippen LogP contribution in [-0.2, 0) is 0 Å². The first-order chi connectivity index (χ1) is 5.30. The largest absolute Gasteiger partial charge is 0.403 e. The highest BCUT2D eigenvalue weighted by atomic mass is 15.0. The predicted octanol–water partition coefficient (Wildman–Crippen LogP) is 0.239. The number of hydrogen-bond donors (Lipinski definition) is 2. The molecule has 0 unspecified atom stereocenters. The molecule has 3 heteroatoms. The van der Waals surface area contributed by atoms with Gasteiger partial charge in [-0.1, -0.05) is 0 Å². The average Bonchev–Trinajstić information content (AvgIpc) is 2.78. The number of nitrogens with two attached hydrogens (primary N) is 1. The molecule has 0 aromatic carbocycles. The van der Waals surface area contributed by atoms with E-state index in [0.29, 0.717) is 5.54 Å². The third-order valence-electron chi connectivity index (χ3n) is 2.57. The lowest BCUT2D eigenvalue weighted by Gasteiger charge is -1.98. The Morgan fingerprint density at radius 2 is 2.36 bits per heavy atom. The van der Waals surface area contributed by atoms with E-state index in [-0.39, 0.29) is 0 Å². The summed E-state index contributed by atoms with van der Waals surface area (Å²) in [5, 5.41) is 2.96. The Balaban J connectivity index is 1.92. The van der Waals surface area contributed by atoms with Crippen molar-refractivity contribution in [2.45, 2.75) is 18.4 Å². The Labute approximate surface area is 66.4 Å². The van der Waals surface area contributed by atoms with E-state index in [1.807, 2.05) is 13.3 Å². The second-order valence-electron chi connectivity index (χ2n) is 3.34. The van der Waals surface area contributed by atoms with Gasteiger partial charge in [-0.2, -0.15) is 0 Å². The molecule has 2 aliphatic carbocycles. The zero-order valence-corrected chi connectivity index (χ0v) is 6.67. The first-order valence-corrected chi connectivity index (χ1v) is 3.95. The standard InChI is InChI=1S/C8H13N3/c1-10-7(4-9)5-11-8-2-6(8)3-8/h4-6,10H,2-3,9H2,1H3/b7-4+,11-5?. The second-order valence-corrected chi connectivity index (χ2v) is 3.34. The van der Waals surface area contributed by atoms with Gasteiger partial charge in [-0.25, -0.2) is 0 Å². The molecule has 0 bridgehead atoms. The van der Waals surface area contributed by atoms with Gasteiger partial charge in [-0.05, 0) is 18.8 Å². The van der Waals surface area contributed by atoms with Crippen LogP contribution in [0, 0.1) is 5.92 Å². The molecule has 0 saturated heterocycles. The number of rotatable bonds is 3. The van der Waals surface area contributed by atoms with Crippen LogP contribution in [0.1, 0.15) is 12.8 Å². The smallest absolute Gasteiger partial charge is 0.0676 e. The van der Waals surface area contributed by atoms with Crippen molar-refractivity contribution < 1.29 is 0 Å². The first kappa shape index (κ1) is 6.70. The van der Waals surface area contributed by atoms with Crippen molar-refractivity contribution in [3.8, 4) is 0 Å². The van der Waals surface area contributed by atoms with Crippen LogP contribution >= 0.6 is 0 Å². The van der Waals surface area contributed by atoms with Crippen molar-refractivity contribution in [1.82, 2.24) is 5.32 Å². The highest BCUT2D eigenvalue weighted by Gasteiger charge is 2.70. The van der Waals surface area contributed by atoms with Gasteiger partial charge >= 0.3 is 0 Å². The third-order valence-corrected chi connectivity index (χ3v) is 2.57. The quantitative estimate of drug-likeness (QED) is 0.568. The van der Waals surface area contributed by atoms with Gasteiger partial charge in [0.15, 0.2) is 0 Å². The number of nitrogens with zero attached hydrogens (tertiary/aromatic N) is 1. The second kappa shape index (κ2) is 2.00. The highest BCUT2D eigenvalue weighted by Crippen LogP contribution is 2.69. The minimum absolute atomic E-state index is 0.380. The molecule has 0 atom stereocenters. The van der Waals surface area contributed by atoms with E-state index in [1.54, 1.807) is 6.20 Å². The lowest BCUT2D eigenvalue weighted by molar-refractivity contribution is 0.806. The summed E-state index contributed by atoms with van der Waals surface area (Å²) >= 11 is 0. The van der Waals surface area contributed by atoms with Crippen LogP contribution in [-0.4, -0.2) is 18.8 Å². The fraction of sp³-hybridized carbons (Fsp3) is 0.625. The minimum Gasteiger partial charge on any atom is -0.403 e. The van der Waals surface area contributed by atoms with Gasteiger partial charge in [0.1, 0.15) is 0 Å². The Morgan fingerprint density at radius 1 is 1.73 bits per heavy atom. The van der Waals surface area contributed by atoms with Crippen molar-refractivity contribution in [3.63, 3.8) is 0 Å². The van der Waals surface area contributed by atoms with Crippen LogP contribution in [0.5, 0.6) is 0 Å². The molecule has 2 saturated carbocycles. The maximum Gasteiger partial charge on any atom is 0.0676 e. The molecule has 2 fully saturated rings. The Bertz CT molecular complexity index is 223. The van der Waals surface area contributed by atoms with E-state index < -0.39 is 0 Å². The zero-order valence-electron chi connectivity index (χ0n) is 6.67. The number of allylic oxidation sites excluding steroid dienone is 1. The molecule has 0 aliphatic heterocycles. The fourth-order valence-electron chi connectivity index (χ4n) is 1.28. The molecule has 60 valence electrons. The van der Waals surface area contributed by atoms with Gasteiger partial charge in [0.05, 0.1) is 11.2 Å². The molecule has 0 heterocycles. The Kier molecular flexibility index (Phi) is 1.22. The fourth-order valence-corrected chi connectivity index (χ4v) is 1.28. The highest BCUT2D eigenvalue weighted by molar-refractivity contribution is 5.78. The molecule has 11 heavy (non-hydrogen) atoms. The molecular weight excluding hydrogens is 138 g/mol. The van der Waals surface area contributed by atoms with Crippen molar-refractivity contribution >= 4 is 6.21 Å². The molecule has 3 N–H and O–H groups in total. The zero-order chi connectivity index (χ0) is 7.90. The van der Waals surface area contributed by atoms with Crippen LogP contribution in [0.2, 0.25) is 0 Å². The van der Waals surface area contributed by atoms with Crippen LogP contribution in [0.15, 0.2) is 16.9 Å². The molecule has 0 spiro atoms. The predicted molar refractivity (Wildman–Crippen MR) is 45.3 cm³/mol. The monoisotopic (exact) mass is 151 g/mol. The maximum atomic E-state index is 5.33. The normalized spacial score (nSPS) is 40.5. The Hall–Kier alpha value is -0.990. The topological polar surface area (TPSA) is 50.4 Å². The SMILES string of the molecule is CN/C(C=NC12CC1C2)=C/N. The van der Waals surface area contributed by atoms with Crippen LogP contribution < -0.4 is 11.1 Å². The van der Waals surface area contributed by atoms with E-state index in [2.05, 4.69) is 10.3 Å². The molecule has 2 aliphatic rings. The summed E-state index contributed by atoms with van der Waals surface area (Å²) < 4.78 is 0. The van der Waals surface area contributed by atoms with Crippen molar-refractivity contribution in [2.75, 3.05) is 7.05 Å². The summed E-state index contributed by atoms with van der Waals surface area (Å²) in [6, 6.07) is 0. The van der Waals surface area contributed by atoms with E-state index in [1.165, 1.54) is 12.8 Å². The maximum absolute atomic E-state index is 5.33. The first-order valence-electron chi connectivity index (χ1n) is 3.95. The molecular formula is C8H13N3. The average molecular weight is 151 g/mol. The van der Waals surface area contributed by atoms with Crippen LogP contribution in [0.3, 0.4) is 0 Å². The van der Waals surface area contributed by atoms with Crippen molar-refractivity contribution in [3.05, 3.63) is 11.9 Å². The lowest BCUT2D eigenvalue weighted by atomic mass is 10.4. The molecule has 0 aromatic rings. The van der Waals surface area contributed by atoms with Crippen LogP contribution in [0.4, 0.5) is 0 Å². The van der Waals surface area contributed by atoms with Gasteiger partial charge in [-0.3, -0.25) is 4.99 Å². The van der Waals surface area contributed by atoms with E-state index in [4.69, 9.17) is 5.73 Å². The third kappa shape index (κ3) is 1.00. The summed E-state index contributed by atoms with van der Waals surface area (Å²) in [5.74, 6) is 0.912. The number of nitrogens with one attached hydrogen (secondary N) is 1. The van der Waals surface area contributed by atoms with Gasteiger partial charge in [0, 0.05) is 19.5 Å². The summed E-state index contributed by atoms with van der Waals surface area (Å²) in [7, 11) is 1.85. The number of hydrogen-bond acceptors (Lipinski definition) is 3.